The Labute approximate surface area is 155 Å². The summed E-state index contributed by atoms with van der Waals surface area (Å²) in [6, 6.07) is 12.7. The third-order valence-corrected chi connectivity index (χ3v) is 4.75. The van der Waals surface area contributed by atoms with Crippen molar-refractivity contribution in [3.05, 3.63) is 53.6 Å². The van der Waals surface area contributed by atoms with Crippen molar-refractivity contribution in [2.75, 3.05) is 26.6 Å². The van der Waals surface area contributed by atoms with Crippen LogP contribution in [0.5, 0.6) is 11.5 Å². The normalized spacial score (nSPS) is 11.7. The molecule has 0 fully saturated rings. The molecule has 6 heteroatoms. The number of fused-ring (bicyclic) bond motifs is 5. The average molecular weight is 363 g/mol. The first-order chi connectivity index (χ1) is 13.1. The Bertz CT molecular complexity index is 1100. The minimum Gasteiger partial charge on any atom is -0.496 e. The van der Waals surface area contributed by atoms with Gasteiger partial charge in [0, 0.05) is 27.6 Å². The second-order valence-corrected chi connectivity index (χ2v) is 6.03. The molecule has 4 rings (SSSR count). The summed E-state index contributed by atoms with van der Waals surface area (Å²) in [7, 11) is 4.35. The molecule has 0 radical (unpaired) electrons. The molecule has 0 saturated heterocycles. The smallest absolute Gasteiger partial charge is 0.411 e. The molecule has 1 amide bonds. The van der Waals surface area contributed by atoms with E-state index in [-0.39, 0.29) is 5.78 Å². The summed E-state index contributed by atoms with van der Waals surface area (Å²) in [5.74, 6) is 0.862. The summed E-state index contributed by atoms with van der Waals surface area (Å²) in [5, 5.41) is 4.15. The molecule has 27 heavy (non-hydrogen) atoms. The van der Waals surface area contributed by atoms with Gasteiger partial charge in [0.25, 0.3) is 0 Å². The van der Waals surface area contributed by atoms with E-state index < -0.39 is 6.09 Å². The number of methoxy groups -OCH3 is 3. The summed E-state index contributed by atoms with van der Waals surface area (Å²) < 4.78 is 15.9. The van der Waals surface area contributed by atoms with Crippen LogP contribution in [0.4, 0.5) is 10.5 Å². The Morgan fingerprint density at radius 3 is 2.26 bits per heavy atom. The van der Waals surface area contributed by atoms with Crippen LogP contribution < -0.4 is 14.8 Å². The Hall–Kier alpha value is -3.54. The lowest BCUT2D eigenvalue weighted by atomic mass is 9.95. The third-order valence-electron chi connectivity index (χ3n) is 4.75. The van der Waals surface area contributed by atoms with Gasteiger partial charge < -0.3 is 14.2 Å². The van der Waals surface area contributed by atoms with E-state index >= 15 is 0 Å². The second kappa shape index (κ2) is 6.32. The van der Waals surface area contributed by atoms with E-state index in [9.17, 15) is 9.59 Å². The number of nitrogens with one attached hydrogen (secondary N) is 1. The Balaban J connectivity index is 2.17. The molecule has 0 aliphatic heterocycles. The number of carbonyl (C=O) groups is 2. The van der Waals surface area contributed by atoms with Gasteiger partial charge >= 0.3 is 6.09 Å². The number of anilines is 1. The fourth-order valence-corrected chi connectivity index (χ4v) is 3.65. The zero-order chi connectivity index (χ0) is 19.1. The summed E-state index contributed by atoms with van der Waals surface area (Å²) in [4.78, 5) is 25.2. The number of amides is 1. The first kappa shape index (κ1) is 16.9. The van der Waals surface area contributed by atoms with Crippen LogP contribution in [0.2, 0.25) is 0 Å². The zero-order valence-corrected chi connectivity index (χ0v) is 15.1. The van der Waals surface area contributed by atoms with Gasteiger partial charge in [-0.25, -0.2) is 4.79 Å². The number of rotatable bonds is 3. The lowest BCUT2D eigenvalue weighted by molar-refractivity contribution is 0.104. The van der Waals surface area contributed by atoms with Gasteiger partial charge in [-0.2, -0.15) is 0 Å². The fraction of sp³-hybridized carbons (Fsp3) is 0.143. The first-order valence-electron chi connectivity index (χ1n) is 8.32. The van der Waals surface area contributed by atoms with Gasteiger partial charge in [-0.3, -0.25) is 10.1 Å². The molecule has 1 N–H and O–H groups in total. The van der Waals surface area contributed by atoms with Crippen molar-refractivity contribution in [3.8, 4) is 22.6 Å². The lowest BCUT2D eigenvalue weighted by Crippen LogP contribution is -2.13. The van der Waals surface area contributed by atoms with Crippen molar-refractivity contribution in [1.82, 2.24) is 0 Å². The first-order valence-corrected chi connectivity index (χ1v) is 8.32. The number of ether oxygens (including phenoxy) is 3. The molecule has 1 aliphatic rings. The number of hydrogen-bond donors (Lipinski definition) is 1. The number of carbonyl (C=O) groups excluding carboxylic acids is 2. The highest BCUT2D eigenvalue weighted by atomic mass is 16.5. The largest absolute Gasteiger partial charge is 0.496 e. The maximum Gasteiger partial charge on any atom is 0.411 e. The molecule has 1 aliphatic carbocycles. The minimum atomic E-state index is -0.622. The van der Waals surface area contributed by atoms with E-state index in [4.69, 9.17) is 14.2 Å². The van der Waals surface area contributed by atoms with Crippen molar-refractivity contribution in [2.45, 2.75) is 0 Å². The summed E-state index contributed by atoms with van der Waals surface area (Å²) in [5.41, 5.74) is 2.81. The molecular formula is C21H17NO5. The van der Waals surface area contributed by atoms with Gasteiger partial charge in [-0.05, 0) is 11.5 Å². The standard InChI is InChI=1S/C21H17NO5/c1-25-14-10-6-9-13-15(14)17-16(19(13)23)11-7-4-5-8-12(11)18(20(17)26-2)22-21(24)27-3/h4-10H,1-3H3,(H,22,24). The maximum absolute atomic E-state index is 13.2. The molecule has 0 heterocycles. The van der Waals surface area contributed by atoms with Crippen LogP contribution >= 0.6 is 0 Å². The van der Waals surface area contributed by atoms with Crippen LogP contribution in [-0.2, 0) is 4.74 Å². The summed E-state index contributed by atoms with van der Waals surface area (Å²) >= 11 is 0. The predicted molar refractivity (Wildman–Crippen MR) is 102 cm³/mol. The van der Waals surface area contributed by atoms with Gasteiger partial charge in [0.2, 0.25) is 0 Å². The highest BCUT2D eigenvalue weighted by Crippen LogP contribution is 2.53. The topological polar surface area (TPSA) is 73.9 Å². The molecule has 0 spiro atoms. The number of benzene rings is 3. The highest BCUT2D eigenvalue weighted by Gasteiger charge is 2.36. The van der Waals surface area contributed by atoms with Gasteiger partial charge in [-0.15, -0.1) is 0 Å². The summed E-state index contributed by atoms with van der Waals surface area (Å²) in [6.07, 6.45) is -0.622. The van der Waals surface area contributed by atoms with Gasteiger partial charge in [-0.1, -0.05) is 36.4 Å². The van der Waals surface area contributed by atoms with Crippen molar-refractivity contribution in [3.63, 3.8) is 0 Å². The molecule has 3 aromatic carbocycles. The van der Waals surface area contributed by atoms with Gasteiger partial charge in [0.1, 0.15) is 5.75 Å². The van der Waals surface area contributed by atoms with Crippen LogP contribution in [0.25, 0.3) is 21.9 Å². The van der Waals surface area contributed by atoms with Gasteiger partial charge in [0.05, 0.1) is 27.0 Å². The van der Waals surface area contributed by atoms with Crippen LogP contribution in [0.1, 0.15) is 15.9 Å². The quantitative estimate of drug-likeness (QED) is 0.589. The fourth-order valence-electron chi connectivity index (χ4n) is 3.65. The van der Waals surface area contributed by atoms with Crippen molar-refractivity contribution in [2.24, 2.45) is 0 Å². The molecule has 0 unspecified atom stereocenters. The SMILES string of the molecule is COC(=O)Nc1c(OC)c2c(c3ccccc13)C(=O)c1cccc(OC)c1-2. The Kier molecular flexibility index (Phi) is 3.96. The van der Waals surface area contributed by atoms with Crippen LogP contribution in [0.15, 0.2) is 42.5 Å². The van der Waals surface area contributed by atoms with E-state index in [1.54, 1.807) is 25.3 Å². The lowest BCUT2D eigenvalue weighted by Gasteiger charge is -2.18. The average Bonchev–Trinajstić information content (AvgIpc) is 3.01. The summed E-state index contributed by atoms with van der Waals surface area (Å²) in [6.45, 7) is 0. The number of hydrogen-bond acceptors (Lipinski definition) is 5. The maximum atomic E-state index is 13.2. The van der Waals surface area contributed by atoms with E-state index in [0.29, 0.717) is 44.8 Å². The van der Waals surface area contributed by atoms with Crippen molar-refractivity contribution >= 4 is 28.3 Å². The van der Waals surface area contributed by atoms with E-state index in [2.05, 4.69) is 5.32 Å². The zero-order valence-electron chi connectivity index (χ0n) is 15.1. The minimum absolute atomic E-state index is 0.0991. The van der Waals surface area contributed by atoms with Crippen LogP contribution in [0, 0.1) is 0 Å². The van der Waals surface area contributed by atoms with Crippen molar-refractivity contribution < 1.29 is 23.8 Å². The monoisotopic (exact) mass is 363 g/mol. The predicted octanol–water partition coefficient (Wildman–Crippen LogP) is 4.25. The molecule has 0 saturated carbocycles. The molecule has 0 bridgehead atoms. The molecule has 0 atom stereocenters. The van der Waals surface area contributed by atoms with E-state index in [1.807, 2.05) is 24.3 Å². The van der Waals surface area contributed by atoms with Gasteiger partial charge in [0.15, 0.2) is 11.5 Å². The molecule has 136 valence electrons. The molecule has 6 nitrogen and oxygen atoms in total. The molecular weight excluding hydrogens is 346 g/mol. The van der Waals surface area contributed by atoms with Crippen molar-refractivity contribution in [1.29, 1.82) is 0 Å². The Morgan fingerprint density at radius 2 is 1.59 bits per heavy atom. The molecule has 3 aromatic rings. The van der Waals surface area contributed by atoms with Crippen LogP contribution in [-0.4, -0.2) is 33.2 Å². The van der Waals surface area contributed by atoms with E-state index in [1.165, 1.54) is 14.2 Å². The van der Waals surface area contributed by atoms with Crippen LogP contribution in [0.3, 0.4) is 0 Å². The third kappa shape index (κ3) is 2.33. The Morgan fingerprint density at radius 1 is 0.852 bits per heavy atom. The molecule has 0 aromatic heterocycles. The van der Waals surface area contributed by atoms with E-state index in [0.717, 1.165) is 5.39 Å². The highest BCUT2D eigenvalue weighted by molar-refractivity contribution is 6.31. The second-order valence-electron chi connectivity index (χ2n) is 6.03. The number of ketones is 1.